The third-order valence-corrected chi connectivity index (χ3v) is 7.69. The number of halogens is 1. The summed E-state index contributed by atoms with van der Waals surface area (Å²) in [6.07, 6.45) is 4.34. The average Bonchev–Trinajstić information content (AvgIpc) is 3.26. The van der Waals surface area contributed by atoms with Crippen LogP contribution >= 0.6 is 24.0 Å². The lowest BCUT2D eigenvalue weighted by Crippen LogP contribution is -2.45. The monoisotopic (exact) mass is 577 g/mol. The second kappa shape index (κ2) is 12.7. The number of piperidine rings is 1. The number of carbonyl (C=O) groups is 1. The summed E-state index contributed by atoms with van der Waals surface area (Å²) in [6, 6.07) is 7.25. The predicted octanol–water partition coefficient (Wildman–Crippen LogP) is 2.55. The fourth-order valence-electron chi connectivity index (χ4n) is 4.07. The predicted molar refractivity (Wildman–Crippen MR) is 138 cm³/mol. The Kier molecular flexibility index (Phi) is 10.7. The number of sulfonamides is 1. The van der Waals surface area contributed by atoms with Crippen LogP contribution in [0.25, 0.3) is 0 Å². The maximum atomic E-state index is 13.0. The molecule has 0 saturated carbocycles. The van der Waals surface area contributed by atoms with Gasteiger partial charge >= 0.3 is 0 Å². The van der Waals surface area contributed by atoms with Gasteiger partial charge in [0, 0.05) is 45.2 Å². The molecule has 1 atom stereocenters. The van der Waals surface area contributed by atoms with E-state index in [1.807, 2.05) is 24.8 Å². The van der Waals surface area contributed by atoms with Gasteiger partial charge in [-0.2, -0.15) is 4.31 Å². The van der Waals surface area contributed by atoms with Crippen molar-refractivity contribution in [1.29, 1.82) is 0 Å². The third kappa shape index (κ3) is 7.05. The molecule has 2 saturated heterocycles. The fraction of sp³-hybridized carbons (Fsp3) is 0.636. The number of carbonyl (C=O) groups excluding carboxylic acids is 1. The molecule has 8 nitrogen and oxygen atoms in total. The molecule has 180 valence electrons. The normalized spacial score (nSPS) is 20.0. The summed E-state index contributed by atoms with van der Waals surface area (Å²) in [5.41, 5.74) is 0.851. The molecule has 2 aliphatic rings. The van der Waals surface area contributed by atoms with E-state index in [9.17, 15) is 13.2 Å². The number of nitrogens with one attached hydrogen (secondary N) is 2. The van der Waals surface area contributed by atoms with Crippen molar-refractivity contribution in [3.05, 3.63) is 29.8 Å². The van der Waals surface area contributed by atoms with E-state index < -0.39 is 10.0 Å². The highest BCUT2D eigenvalue weighted by Crippen LogP contribution is 2.21. The quantitative estimate of drug-likeness (QED) is 0.295. The molecule has 2 aliphatic heterocycles. The Balaban J connectivity index is 0.00000363. The smallest absolute Gasteiger partial charge is 0.243 e. The van der Waals surface area contributed by atoms with Gasteiger partial charge in [0.15, 0.2) is 5.96 Å². The molecule has 2 N–H and O–H groups in total. The summed E-state index contributed by atoms with van der Waals surface area (Å²) >= 11 is 0. The molecule has 10 heteroatoms. The van der Waals surface area contributed by atoms with E-state index in [-0.39, 0.29) is 35.9 Å². The summed E-state index contributed by atoms with van der Waals surface area (Å²) in [5, 5.41) is 6.65. The van der Waals surface area contributed by atoms with E-state index >= 15 is 0 Å². The van der Waals surface area contributed by atoms with Gasteiger partial charge in [0.25, 0.3) is 0 Å². The van der Waals surface area contributed by atoms with E-state index in [0.717, 1.165) is 44.3 Å². The van der Waals surface area contributed by atoms with Gasteiger partial charge in [0.2, 0.25) is 15.9 Å². The Morgan fingerprint density at radius 2 is 1.91 bits per heavy atom. The van der Waals surface area contributed by atoms with Crippen LogP contribution in [-0.2, 0) is 21.4 Å². The minimum Gasteiger partial charge on any atom is -0.357 e. The Morgan fingerprint density at radius 3 is 2.59 bits per heavy atom. The van der Waals surface area contributed by atoms with Crippen LogP contribution in [-0.4, -0.2) is 68.3 Å². The molecule has 0 bridgehead atoms. The largest absolute Gasteiger partial charge is 0.357 e. The Labute approximate surface area is 209 Å². The van der Waals surface area contributed by atoms with Gasteiger partial charge in [-0.3, -0.25) is 4.79 Å². The molecule has 0 aliphatic carbocycles. The first-order valence-electron chi connectivity index (χ1n) is 11.4. The number of rotatable bonds is 7. The second-order valence-electron chi connectivity index (χ2n) is 8.13. The molecule has 32 heavy (non-hydrogen) atoms. The molecular formula is C22H36IN5O3S. The average molecular weight is 578 g/mol. The molecule has 1 aromatic carbocycles. The molecule has 2 fully saturated rings. The van der Waals surface area contributed by atoms with E-state index in [0.29, 0.717) is 43.5 Å². The van der Waals surface area contributed by atoms with Crippen LogP contribution in [0.2, 0.25) is 0 Å². The number of hydrogen-bond acceptors (Lipinski definition) is 4. The molecular weight excluding hydrogens is 541 g/mol. The van der Waals surface area contributed by atoms with Crippen molar-refractivity contribution in [1.82, 2.24) is 19.8 Å². The SMILES string of the molecule is CCNC(=NCc1cccc(S(=O)(=O)N2CCCCC2)c1)NC1CCN(C(=O)CC)C1.I. The minimum atomic E-state index is -3.45. The lowest BCUT2D eigenvalue weighted by atomic mass is 10.2. The number of nitrogens with zero attached hydrogens (tertiary/aromatic N) is 3. The third-order valence-electron chi connectivity index (χ3n) is 5.80. The second-order valence-corrected chi connectivity index (χ2v) is 10.1. The van der Waals surface area contributed by atoms with Gasteiger partial charge in [-0.05, 0) is 43.9 Å². The summed E-state index contributed by atoms with van der Waals surface area (Å²) < 4.78 is 27.5. The fourth-order valence-corrected chi connectivity index (χ4v) is 5.66. The Morgan fingerprint density at radius 1 is 1.16 bits per heavy atom. The molecule has 1 amide bonds. The van der Waals surface area contributed by atoms with Crippen LogP contribution in [0, 0.1) is 0 Å². The van der Waals surface area contributed by atoms with Crippen molar-refractivity contribution in [2.75, 3.05) is 32.7 Å². The molecule has 0 radical (unpaired) electrons. The molecule has 1 aromatic rings. The zero-order valence-corrected chi connectivity index (χ0v) is 22.2. The molecule has 3 rings (SSSR count). The number of amides is 1. The van der Waals surface area contributed by atoms with E-state index in [4.69, 9.17) is 0 Å². The highest BCUT2D eigenvalue weighted by Gasteiger charge is 2.27. The van der Waals surface area contributed by atoms with E-state index in [1.54, 1.807) is 22.5 Å². The van der Waals surface area contributed by atoms with Crippen LogP contribution < -0.4 is 10.6 Å². The van der Waals surface area contributed by atoms with Gasteiger partial charge in [0.1, 0.15) is 0 Å². The topological polar surface area (TPSA) is 94.1 Å². The lowest BCUT2D eigenvalue weighted by molar-refractivity contribution is -0.129. The minimum absolute atomic E-state index is 0. The van der Waals surface area contributed by atoms with Crippen molar-refractivity contribution >= 4 is 45.9 Å². The number of likely N-dealkylation sites (tertiary alicyclic amines) is 1. The van der Waals surface area contributed by atoms with Crippen LogP contribution in [0.1, 0.15) is 51.5 Å². The number of hydrogen-bond donors (Lipinski definition) is 2. The highest BCUT2D eigenvalue weighted by molar-refractivity contribution is 14.0. The lowest BCUT2D eigenvalue weighted by Gasteiger charge is -2.26. The van der Waals surface area contributed by atoms with Gasteiger partial charge in [0.05, 0.1) is 11.4 Å². The van der Waals surface area contributed by atoms with Crippen LogP contribution in [0.3, 0.4) is 0 Å². The van der Waals surface area contributed by atoms with Gasteiger partial charge < -0.3 is 15.5 Å². The standard InChI is InChI=1S/C22H35N5O3S.HI/c1-3-21(28)26-14-11-19(17-26)25-22(23-4-2)24-16-18-9-8-10-20(15-18)31(29,30)27-12-6-5-7-13-27;/h8-10,15,19H,3-7,11-14,16-17H2,1-2H3,(H2,23,24,25);1H. The zero-order valence-electron chi connectivity index (χ0n) is 19.0. The first-order valence-corrected chi connectivity index (χ1v) is 12.8. The number of guanidine groups is 1. The van der Waals surface area contributed by atoms with Crippen molar-refractivity contribution in [2.24, 2.45) is 4.99 Å². The van der Waals surface area contributed by atoms with Gasteiger partial charge in [-0.25, -0.2) is 13.4 Å². The van der Waals surface area contributed by atoms with E-state index in [2.05, 4.69) is 15.6 Å². The maximum absolute atomic E-state index is 13.0. The summed E-state index contributed by atoms with van der Waals surface area (Å²) in [4.78, 5) is 18.8. The van der Waals surface area contributed by atoms with Crippen LogP contribution in [0.4, 0.5) is 0 Å². The van der Waals surface area contributed by atoms with E-state index in [1.165, 1.54) is 0 Å². The Hall–Kier alpha value is -1.40. The summed E-state index contributed by atoms with van der Waals surface area (Å²) in [5.74, 6) is 0.862. The summed E-state index contributed by atoms with van der Waals surface area (Å²) in [6.45, 7) is 7.62. The van der Waals surface area contributed by atoms with Crippen LogP contribution in [0.15, 0.2) is 34.2 Å². The first-order chi connectivity index (χ1) is 14.9. The Bertz CT molecular complexity index is 887. The zero-order chi connectivity index (χ0) is 22.3. The van der Waals surface area contributed by atoms with Gasteiger partial charge in [-0.15, -0.1) is 24.0 Å². The number of aliphatic imine (C=N–C) groups is 1. The first kappa shape index (κ1) is 26.8. The molecule has 0 spiro atoms. The maximum Gasteiger partial charge on any atom is 0.243 e. The number of benzene rings is 1. The highest BCUT2D eigenvalue weighted by atomic mass is 127. The van der Waals surface area contributed by atoms with Crippen molar-refractivity contribution in [3.8, 4) is 0 Å². The van der Waals surface area contributed by atoms with Crippen molar-refractivity contribution < 1.29 is 13.2 Å². The van der Waals surface area contributed by atoms with Gasteiger partial charge in [-0.1, -0.05) is 25.5 Å². The van der Waals surface area contributed by atoms with Crippen molar-refractivity contribution in [2.45, 2.75) is 63.4 Å². The molecule has 2 heterocycles. The van der Waals surface area contributed by atoms with Crippen molar-refractivity contribution in [3.63, 3.8) is 0 Å². The molecule has 0 aromatic heterocycles. The van der Waals surface area contributed by atoms with Crippen LogP contribution in [0.5, 0.6) is 0 Å². The summed E-state index contributed by atoms with van der Waals surface area (Å²) in [7, 11) is -3.45. The molecule has 1 unspecified atom stereocenters.